The highest BCUT2D eigenvalue weighted by molar-refractivity contribution is 5.82. The maximum atomic E-state index is 14.1. The summed E-state index contributed by atoms with van der Waals surface area (Å²) in [6, 6.07) is 3.99. The fourth-order valence-electron chi connectivity index (χ4n) is 2.27. The minimum absolute atomic E-state index is 0.192. The molecular weight excluding hydrogens is 359 g/mol. The highest BCUT2D eigenvalue weighted by atomic mass is 19.1. The Morgan fingerprint density at radius 3 is 2.74 bits per heavy atom. The van der Waals surface area contributed by atoms with Gasteiger partial charge in [-0.05, 0) is 13.0 Å². The minimum atomic E-state index is -0.960. The molecule has 0 fully saturated rings. The van der Waals surface area contributed by atoms with E-state index >= 15 is 0 Å². The Balaban J connectivity index is 1.96. The molecule has 0 unspecified atom stereocenters. The van der Waals surface area contributed by atoms with Crippen molar-refractivity contribution in [2.24, 2.45) is 0 Å². The van der Waals surface area contributed by atoms with Crippen LogP contribution in [0.1, 0.15) is 5.56 Å². The van der Waals surface area contributed by atoms with E-state index < -0.39 is 22.3 Å². The third-order valence-electron chi connectivity index (χ3n) is 3.56. The van der Waals surface area contributed by atoms with Crippen molar-refractivity contribution in [2.45, 2.75) is 6.92 Å². The molecule has 10 heteroatoms. The summed E-state index contributed by atoms with van der Waals surface area (Å²) in [7, 11) is 1.56. The van der Waals surface area contributed by atoms with Gasteiger partial charge in [0, 0.05) is 24.9 Å². The first kappa shape index (κ1) is 18.4. The molecule has 0 bridgehead atoms. The zero-order valence-corrected chi connectivity index (χ0v) is 14.5. The molecule has 27 heavy (non-hydrogen) atoms. The van der Waals surface area contributed by atoms with E-state index in [1.807, 2.05) is 6.92 Å². The van der Waals surface area contributed by atoms with Crippen LogP contribution in [0.5, 0.6) is 17.5 Å². The molecule has 9 nitrogen and oxygen atoms in total. The van der Waals surface area contributed by atoms with E-state index in [-0.39, 0.29) is 5.75 Å². The average molecular weight is 374 g/mol. The van der Waals surface area contributed by atoms with Gasteiger partial charge in [-0.3, -0.25) is 15.1 Å². The Morgan fingerprint density at radius 1 is 1.22 bits per heavy atom. The molecule has 3 rings (SSSR count). The summed E-state index contributed by atoms with van der Waals surface area (Å²) in [5.41, 5.74) is 1.16. The molecule has 3 aromatic rings. The van der Waals surface area contributed by atoms with Gasteiger partial charge < -0.3 is 14.2 Å². The van der Waals surface area contributed by atoms with E-state index in [4.69, 9.17) is 14.2 Å². The first-order valence-electron chi connectivity index (χ1n) is 7.85. The smallest absolute Gasteiger partial charge is 0.290 e. The molecule has 3 heterocycles. The highest BCUT2D eigenvalue weighted by Gasteiger charge is 2.16. The fourth-order valence-corrected chi connectivity index (χ4v) is 2.27. The lowest BCUT2D eigenvalue weighted by Gasteiger charge is -2.11. The number of methoxy groups -OCH3 is 1. The molecular formula is C17H15FN4O5. The largest absolute Gasteiger partial charge is 0.475 e. The number of aromatic nitrogens is 3. The molecule has 0 aliphatic heterocycles. The molecule has 0 amide bonds. The van der Waals surface area contributed by atoms with Gasteiger partial charge in [0.25, 0.3) is 11.6 Å². The van der Waals surface area contributed by atoms with Crippen LogP contribution in [0, 0.1) is 22.9 Å². The maximum Gasteiger partial charge on any atom is 0.290 e. The standard InChI is InChI=1S/C17H15FN4O5/c1-10-7-13-15(21-16(10)26-6-5-25-2)14(3-4-19-13)27-17-12(18)8-11(9-20-17)22(23)24/h3-4,7-9H,5-6H2,1-2H3. The zero-order valence-electron chi connectivity index (χ0n) is 14.5. The van der Waals surface area contributed by atoms with Crippen molar-refractivity contribution < 1.29 is 23.5 Å². The Bertz CT molecular complexity index is 998. The van der Waals surface area contributed by atoms with Crippen LogP contribution in [0.2, 0.25) is 0 Å². The number of rotatable bonds is 7. The maximum absolute atomic E-state index is 14.1. The number of fused-ring (bicyclic) bond motifs is 1. The lowest BCUT2D eigenvalue weighted by Crippen LogP contribution is -2.07. The van der Waals surface area contributed by atoms with E-state index in [9.17, 15) is 14.5 Å². The molecule has 0 saturated heterocycles. The number of halogens is 1. The van der Waals surface area contributed by atoms with Gasteiger partial charge >= 0.3 is 0 Å². The van der Waals surface area contributed by atoms with Crippen molar-refractivity contribution in [2.75, 3.05) is 20.3 Å². The van der Waals surface area contributed by atoms with Crippen molar-refractivity contribution in [3.63, 3.8) is 0 Å². The molecule has 3 aromatic heterocycles. The van der Waals surface area contributed by atoms with Crippen LogP contribution in [0.4, 0.5) is 10.1 Å². The molecule has 0 aromatic carbocycles. The second-order valence-electron chi connectivity index (χ2n) is 5.47. The molecule has 0 aliphatic rings. The Hall–Kier alpha value is -3.40. The third kappa shape index (κ3) is 4.06. The summed E-state index contributed by atoms with van der Waals surface area (Å²) in [5, 5.41) is 10.7. The molecule has 0 atom stereocenters. The normalized spacial score (nSPS) is 10.8. The first-order chi connectivity index (χ1) is 13.0. The van der Waals surface area contributed by atoms with Crippen LogP contribution in [0.3, 0.4) is 0 Å². The SMILES string of the molecule is COCCOc1nc2c(Oc3ncc([N+](=O)[O-])cc3F)ccnc2cc1C. The van der Waals surface area contributed by atoms with Gasteiger partial charge in [-0.15, -0.1) is 0 Å². The Morgan fingerprint density at radius 2 is 2.04 bits per heavy atom. The third-order valence-corrected chi connectivity index (χ3v) is 3.56. The monoisotopic (exact) mass is 374 g/mol. The van der Waals surface area contributed by atoms with Crippen LogP contribution in [-0.4, -0.2) is 40.2 Å². The van der Waals surface area contributed by atoms with Crippen molar-refractivity contribution in [1.82, 2.24) is 15.0 Å². The number of hydrogen-bond donors (Lipinski definition) is 0. The average Bonchev–Trinajstić information content (AvgIpc) is 2.64. The lowest BCUT2D eigenvalue weighted by atomic mass is 10.2. The topological polar surface area (TPSA) is 110 Å². The summed E-state index contributed by atoms with van der Waals surface area (Å²) in [6.45, 7) is 2.53. The summed E-state index contributed by atoms with van der Waals surface area (Å²) in [5.74, 6) is -0.804. The fraction of sp³-hybridized carbons (Fsp3) is 0.235. The predicted molar refractivity (Wildman–Crippen MR) is 92.6 cm³/mol. The quantitative estimate of drug-likeness (QED) is 0.352. The van der Waals surface area contributed by atoms with Gasteiger partial charge in [0.15, 0.2) is 11.6 Å². The Labute approximate surface area is 152 Å². The van der Waals surface area contributed by atoms with E-state index in [0.717, 1.165) is 17.8 Å². The van der Waals surface area contributed by atoms with E-state index in [1.54, 1.807) is 13.2 Å². The number of nitro groups is 1. The number of ether oxygens (including phenoxy) is 3. The second kappa shape index (κ2) is 7.87. The van der Waals surface area contributed by atoms with Crippen LogP contribution in [-0.2, 0) is 4.74 Å². The van der Waals surface area contributed by atoms with Gasteiger partial charge in [-0.2, -0.15) is 0 Å². The van der Waals surface area contributed by atoms with Gasteiger partial charge in [-0.1, -0.05) is 0 Å². The summed E-state index contributed by atoms with van der Waals surface area (Å²) in [6.07, 6.45) is 2.40. The summed E-state index contributed by atoms with van der Waals surface area (Å²) < 4.78 is 30.1. The second-order valence-corrected chi connectivity index (χ2v) is 5.47. The summed E-state index contributed by atoms with van der Waals surface area (Å²) >= 11 is 0. The lowest BCUT2D eigenvalue weighted by molar-refractivity contribution is -0.385. The molecule has 0 saturated carbocycles. The van der Waals surface area contributed by atoms with E-state index in [0.29, 0.717) is 30.1 Å². The van der Waals surface area contributed by atoms with Crippen LogP contribution in [0.15, 0.2) is 30.6 Å². The van der Waals surface area contributed by atoms with E-state index in [2.05, 4.69) is 15.0 Å². The van der Waals surface area contributed by atoms with Crippen molar-refractivity contribution in [1.29, 1.82) is 0 Å². The molecule has 0 N–H and O–H groups in total. The van der Waals surface area contributed by atoms with Gasteiger partial charge in [-0.25, -0.2) is 14.4 Å². The molecule has 140 valence electrons. The van der Waals surface area contributed by atoms with Crippen LogP contribution < -0.4 is 9.47 Å². The van der Waals surface area contributed by atoms with Crippen molar-refractivity contribution >= 4 is 16.7 Å². The molecule has 0 aliphatic carbocycles. The molecule has 0 spiro atoms. The number of nitrogens with zero attached hydrogens (tertiary/aromatic N) is 4. The van der Waals surface area contributed by atoms with E-state index in [1.165, 1.54) is 12.3 Å². The number of aryl methyl sites for hydroxylation is 1. The number of pyridine rings is 3. The van der Waals surface area contributed by atoms with Crippen molar-refractivity contribution in [3.8, 4) is 17.5 Å². The predicted octanol–water partition coefficient (Wildman–Crippen LogP) is 3.20. The Kier molecular flexibility index (Phi) is 5.36. The summed E-state index contributed by atoms with van der Waals surface area (Å²) in [4.78, 5) is 22.2. The zero-order chi connectivity index (χ0) is 19.4. The van der Waals surface area contributed by atoms with Gasteiger partial charge in [0.2, 0.25) is 5.88 Å². The van der Waals surface area contributed by atoms with Crippen molar-refractivity contribution in [3.05, 3.63) is 52.1 Å². The van der Waals surface area contributed by atoms with Gasteiger partial charge in [0.05, 0.1) is 23.1 Å². The number of hydrogen-bond acceptors (Lipinski definition) is 8. The minimum Gasteiger partial charge on any atom is -0.475 e. The molecule has 0 radical (unpaired) electrons. The first-order valence-corrected chi connectivity index (χ1v) is 7.85. The highest BCUT2D eigenvalue weighted by Crippen LogP contribution is 2.31. The van der Waals surface area contributed by atoms with Gasteiger partial charge in [0.1, 0.15) is 18.3 Å². The van der Waals surface area contributed by atoms with Crippen LogP contribution >= 0.6 is 0 Å². The van der Waals surface area contributed by atoms with Crippen LogP contribution in [0.25, 0.3) is 11.0 Å².